The summed E-state index contributed by atoms with van der Waals surface area (Å²) in [5.41, 5.74) is 1.61. The molecule has 2 aromatic carbocycles. The normalized spacial score (nSPS) is 14.4. The van der Waals surface area contributed by atoms with Crippen molar-refractivity contribution < 1.29 is 28.2 Å². The first-order valence-corrected chi connectivity index (χ1v) is 7.91. The number of ketones is 1. The fourth-order valence-electron chi connectivity index (χ4n) is 3.05. The molecule has 0 aliphatic carbocycles. The predicted octanol–water partition coefficient (Wildman–Crippen LogP) is 4.07. The molecule has 4 rings (SSSR count). The maximum atomic E-state index is 13.0. The first-order valence-electron chi connectivity index (χ1n) is 7.91. The Labute approximate surface area is 149 Å². The summed E-state index contributed by atoms with van der Waals surface area (Å²) >= 11 is 0. The standard InChI is InChI=1S/C20H16O6/c1-22-12-6-4-11(5-7-12)10-14-16(21)15-17(23-2)13-8-9-25-18(13)20(24-3)19(15)26-14/h4-10H,1-3H3/b14-10+. The Kier molecular flexibility index (Phi) is 3.80. The van der Waals surface area contributed by atoms with Gasteiger partial charge >= 0.3 is 0 Å². The number of hydrogen-bond donors (Lipinski definition) is 0. The largest absolute Gasteiger partial charge is 0.497 e. The van der Waals surface area contributed by atoms with Gasteiger partial charge in [-0.1, -0.05) is 12.1 Å². The third-order valence-corrected chi connectivity index (χ3v) is 4.26. The van der Waals surface area contributed by atoms with Crippen LogP contribution in [0.4, 0.5) is 0 Å². The quantitative estimate of drug-likeness (QED) is 0.659. The van der Waals surface area contributed by atoms with Gasteiger partial charge in [-0.15, -0.1) is 0 Å². The molecular formula is C20H16O6. The molecule has 6 nitrogen and oxygen atoms in total. The number of furan rings is 1. The molecule has 0 atom stereocenters. The molecule has 2 heterocycles. The number of Topliss-reactive ketones (excluding diaryl/α,β-unsaturated/α-hetero) is 1. The third kappa shape index (κ3) is 2.30. The second kappa shape index (κ2) is 6.15. The van der Waals surface area contributed by atoms with Gasteiger partial charge in [0.15, 0.2) is 17.1 Å². The summed E-state index contributed by atoms with van der Waals surface area (Å²) in [6, 6.07) is 9.04. The molecule has 0 amide bonds. The van der Waals surface area contributed by atoms with Gasteiger partial charge in [0.05, 0.1) is 33.0 Å². The lowest BCUT2D eigenvalue weighted by Crippen LogP contribution is -2.00. The number of carbonyl (C=O) groups is 1. The van der Waals surface area contributed by atoms with Gasteiger partial charge in [0.25, 0.3) is 0 Å². The van der Waals surface area contributed by atoms with Crippen molar-refractivity contribution in [2.45, 2.75) is 0 Å². The van der Waals surface area contributed by atoms with E-state index in [0.29, 0.717) is 33.8 Å². The first-order chi connectivity index (χ1) is 12.7. The molecule has 0 N–H and O–H groups in total. The van der Waals surface area contributed by atoms with Crippen LogP contribution in [0.1, 0.15) is 15.9 Å². The van der Waals surface area contributed by atoms with Crippen LogP contribution in [0.15, 0.2) is 46.8 Å². The van der Waals surface area contributed by atoms with Gasteiger partial charge in [0, 0.05) is 0 Å². The Balaban J connectivity index is 1.85. The van der Waals surface area contributed by atoms with Crippen LogP contribution < -0.4 is 18.9 Å². The van der Waals surface area contributed by atoms with Gasteiger partial charge in [0.1, 0.15) is 17.1 Å². The number of fused-ring (bicyclic) bond motifs is 2. The highest BCUT2D eigenvalue weighted by Gasteiger charge is 2.37. The summed E-state index contributed by atoms with van der Waals surface area (Å²) < 4.78 is 27.4. The molecular weight excluding hydrogens is 336 g/mol. The number of carbonyl (C=O) groups excluding carboxylic acids is 1. The Hall–Kier alpha value is -3.41. The maximum absolute atomic E-state index is 13.0. The summed E-state index contributed by atoms with van der Waals surface area (Å²) in [5.74, 6) is 1.73. The molecule has 0 radical (unpaired) electrons. The minimum absolute atomic E-state index is 0.189. The summed E-state index contributed by atoms with van der Waals surface area (Å²) in [4.78, 5) is 13.0. The van der Waals surface area contributed by atoms with Gasteiger partial charge in [-0.25, -0.2) is 0 Å². The average Bonchev–Trinajstić information content (AvgIpc) is 3.26. The number of rotatable bonds is 4. The summed E-state index contributed by atoms with van der Waals surface area (Å²) in [5, 5.41) is 0.658. The second-order valence-electron chi connectivity index (χ2n) is 5.65. The van der Waals surface area contributed by atoms with Gasteiger partial charge < -0.3 is 23.4 Å². The second-order valence-corrected chi connectivity index (χ2v) is 5.65. The van der Waals surface area contributed by atoms with Gasteiger partial charge in [-0.3, -0.25) is 4.79 Å². The molecule has 1 aliphatic heterocycles. The zero-order valence-electron chi connectivity index (χ0n) is 14.5. The molecule has 26 heavy (non-hydrogen) atoms. The van der Waals surface area contributed by atoms with Crippen molar-refractivity contribution >= 4 is 22.8 Å². The molecule has 1 aromatic heterocycles. The smallest absolute Gasteiger partial charge is 0.235 e. The van der Waals surface area contributed by atoms with Crippen molar-refractivity contribution in [2.75, 3.05) is 21.3 Å². The van der Waals surface area contributed by atoms with E-state index < -0.39 is 0 Å². The zero-order chi connectivity index (χ0) is 18.3. The van der Waals surface area contributed by atoms with Crippen LogP contribution in [0.25, 0.3) is 17.0 Å². The maximum Gasteiger partial charge on any atom is 0.235 e. The molecule has 0 saturated carbocycles. The number of benzene rings is 2. The predicted molar refractivity (Wildman–Crippen MR) is 95.2 cm³/mol. The van der Waals surface area contributed by atoms with E-state index in [1.807, 2.05) is 24.3 Å². The first kappa shape index (κ1) is 16.1. The summed E-state index contributed by atoms with van der Waals surface area (Å²) in [6.45, 7) is 0. The highest BCUT2D eigenvalue weighted by Crippen LogP contribution is 2.50. The van der Waals surface area contributed by atoms with E-state index in [9.17, 15) is 4.79 Å². The number of hydrogen-bond acceptors (Lipinski definition) is 6. The number of methoxy groups -OCH3 is 3. The summed E-state index contributed by atoms with van der Waals surface area (Å²) in [6.07, 6.45) is 3.19. The monoisotopic (exact) mass is 352 g/mol. The Morgan fingerprint density at radius 3 is 2.31 bits per heavy atom. The lowest BCUT2D eigenvalue weighted by molar-refractivity contribution is 0.101. The molecule has 132 valence electrons. The van der Waals surface area contributed by atoms with Crippen molar-refractivity contribution in [3.05, 3.63) is 53.5 Å². The van der Waals surface area contributed by atoms with Crippen LogP contribution in [-0.2, 0) is 0 Å². The van der Waals surface area contributed by atoms with E-state index in [-0.39, 0.29) is 11.5 Å². The van der Waals surface area contributed by atoms with E-state index in [1.165, 1.54) is 20.5 Å². The Bertz CT molecular complexity index is 1030. The van der Waals surface area contributed by atoms with Gasteiger partial charge in [-0.05, 0) is 29.8 Å². The molecule has 0 spiro atoms. The van der Waals surface area contributed by atoms with E-state index in [4.69, 9.17) is 23.4 Å². The topological polar surface area (TPSA) is 67.1 Å². The molecule has 0 unspecified atom stereocenters. The minimum atomic E-state index is -0.269. The zero-order valence-corrected chi connectivity index (χ0v) is 14.5. The van der Waals surface area contributed by atoms with Crippen molar-refractivity contribution in [3.63, 3.8) is 0 Å². The van der Waals surface area contributed by atoms with Crippen LogP contribution in [0.2, 0.25) is 0 Å². The molecule has 1 aliphatic rings. The fraction of sp³-hybridized carbons (Fsp3) is 0.150. The lowest BCUT2D eigenvalue weighted by Gasteiger charge is -2.10. The molecule has 3 aromatic rings. The van der Waals surface area contributed by atoms with Crippen molar-refractivity contribution in [2.24, 2.45) is 0 Å². The molecule has 0 bridgehead atoms. The Morgan fingerprint density at radius 1 is 0.923 bits per heavy atom. The fourth-order valence-corrected chi connectivity index (χ4v) is 3.05. The van der Waals surface area contributed by atoms with Crippen LogP contribution in [-0.4, -0.2) is 27.1 Å². The average molecular weight is 352 g/mol. The number of allylic oxidation sites excluding steroid dienone is 1. The van der Waals surface area contributed by atoms with Crippen LogP contribution in [0.5, 0.6) is 23.0 Å². The van der Waals surface area contributed by atoms with E-state index in [1.54, 1.807) is 19.3 Å². The molecule has 0 fully saturated rings. The van der Waals surface area contributed by atoms with Gasteiger partial charge in [-0.2, -0.15) is 0 Å². The highest BCUT2D eigenvalue weighted by molar-refractivity contribution is 6.20. The van der Waals surface area contributed by atoms with Crippen LogP contribution >= 0.6 is 0 Å². The Morgan fingerprint density at radius 2 is 1.65 bits per heavy atom. The highest BCUT2D eigenvalue weighted by atomic mass is 16.5. The third-order valence-electron chi connectivity index (χ3n) is 4.26. The van der Waals surface area contributed by atoms with E-state index >= 15 is 0 Å². The molecule has 6 heteroatoms. The van der Waals surface area contributed by atoms with Crippen molar-refractivity contribution in [3.8, 4) is 23.0 Å². The lowest BCUT2D eigenvalue weighted by atomic mass is 10.0. The van der Waals surface area contributed by atoms with E-state index in [2.05, 4.69) is 0 Å². The minimum Gasteiger partial charge on any atom is -0.497 e. The summed E-state index contributed by atoms with van der Waals surface area (Å²) in [7, 11) is 4.61. The van der Waals surface area contributed by atoms with Crippen LogP contribution in [0.3, 0.4) is 0 Å². The SMILES string of the molecule is COc1ccc(/C=C2/Oc3c(c(OC)c4ccoc4c3OC)C2=O)cc1. The van der Waals surface area contributed by atoms with Crippen LogP contribution in [0, 0.1) is 0 Å². The van der Waals surface area contributed by atoms with Crippen molar-refractivity contribution in [1.82, 2.24) is 0 Å². The van der Waals surface area contributed by atoms with Crippen molar-refractivity contribution in [1.29, 1.82) is 0 Å². The van der Waals surface area contributed by atoms with E-state index in [0.717, 1.165) is 11.3 Å². The molecule has 0 saturated heterocycles. The number of ether oxygens (including phenoxy) is 4. The van der Waals surface area contributed by atoms with Gasteiger partial charge in [0.2, 0.25) is 11.5 Å².